The van der Waals surface area contributed by atoms with Gasteiger partial charge in [-0.1, -0.05) is 6.92 Å². The Morgan fingerprint density at radius 1 is 1.25 bits per heavy atom. The van der Waals surface area contributed by atoms with E-state index in [0.29, 0.717) is 5.92 Å². The molecule has 0 aliphatic carbocycles. The summed E-state index contributed by atoms with van der Waals surface area (Å²) in [6, 6.07) is 0. The fraction of sp³-hybridized carbons (Fsp3) is 0.800. The summed E-state index contributed by atoms with van der Waals surface area (Å²) >= 11 is 0. The lowest BCUT2D eigenvalue weighted by Crippen LogP contribution is -2.34. The Morgan fingerprint density at radius 3 is 2.38 bits per heavy atom. The topological polar surface area (TPSA) is 106 Å². The van der Waals surface area contributed by atoms with Gasteiger partial charge < -0.3 is 22.1 Å². The molecule has 6 nitrogen and oxygen atoms in total. The molecule has 0 bridgehead atoms. The van der Waals surface area contributed by atoms with Gasteiger partial charge in [0.15, 0.2) is 5.96 Å². The Morgan fingerprint density at radius 2 is 1.88 bits per heavy atom. The maximum absolute atomic E-state index is 5.54. The lowest BCUT2D eigenvalue weighted by molar-refractivity contribution is 0.196. The monoisotopic (exact) mass is 226 g/mol. The molecular weight excluding hydrogens is 204 g/mol. The Bertz CT molecular complexity index is 260. The van der Waals surface area contributed by atoms with E-state index in [0.717, 1.165) is 26.2 Å². The molecule has 6 N–H and O–H groups in total. The highest BCUT2D eigenvalue weighted by Crippen LogP contribution is 2.16. The molecule has 0 unspecified atom stereocenters. The molecule has 1 fully saturated rings. The van der Waals surface area contributed by atoms with E-state index in [9.17, 15) is 0 Å². The smallest absolute Gasteiger partial charge is 0.218 e. The number of nitrogens with two attached hydrogens (primary N) is 3. The molecular formula is C10H22N6. The summed E-state index contributed by atoms with van der Waals surface area (Å²) < 4.78 is 0. The summed E-state index contributed by atoms with van der Waals surface area (Å²) in [6.07, 6.45) is 2.35. The normalized spacial score (nSPS) is 19.7. The van der Waals surface area contributed by atoms with E-state index < -0.39 is 0 Å². The number of nitrogens with zero attached hydrogens (tertiary/aromatic N) is 3. The summed E-state index contributed by atoms with van der Waals surface area (Å²) in [5.41, 5.74) is 15.9. The van der Waals surface area contributed by atoms with Crippen molar-refractivity contribution in [1.29, 1.82) is 0 Å². The largest absolute Gasteiger partial charge is 0.370 e. The second kappa shape index (κ2) is 6.32. The van der Waals surface area contributed by atoms with E-state index in [1.165, 1.54) is 12.8 Å². The van der Waals surface area contributed by atoms with Gasteiger partial charge in [0.2, 0.25) is 5.96 Å². The van der Waals surface area contributed by atoms with Crippen LogP contribution < -0.4 is 17.2 Å². The molecule has 0 aromatic heterocycles. The number of rotatable bonds is 3. The maximum Gasteiger partial charge on any atom is 0.218 e. The molecule has 1 aliphatic rings. The molecule has 0 spiro atoms. The van der Waals surface area contributed by atoms with Crippen molar-refractivity contribution in [2.75, 3.05) is 26.2 Å². The zero-order valence-electron chi connectivity index (χ0n) is 9.89. The van der Waals surface area contributed by atoms with Gasteiger partial charge in [-0.3, -0.25) is 4.99 Å². The van der Waals surface area contributed by atoms with Crippen molar-refractivity contribution in [3.63, 3.8) is 0 Å². The highest BCUT2D eigenvalue weighted by Gasteiger charge is 2.17. The van der Waals surface area contributed by atoms with E-state index in [1.807, 2.05) is 0 Å². The van der Waals surface area contributed by atoms with E-state index in [4.69, 9.17) is 17.2 Å². The SMILES string of the molecule is CCN1CCC(CN=C(N)N=C(N)N)CC1. The molecule has 6 heteroatoms. The van der Waals surface area contributed by atoms with E-state index >= 15 is 0 Å². The zero-order valence-corrected chi connectivity index (χ0v) is 9.89. The van der Waals surface area contributed by atoms with E-state index in [2.05, 4.69) is 21.8 Å². The quantitative estimate of drug-likeness (QED) is 0.437. The van der Waals surface area contributed by atoms with Crippen LogP contribution >= 0.6 is 0 Å². The first-order valence-corrected chi connectivity index (χ1v) is 5.73. The molecule has 0 aromatic rings. The van der Waals surface area contributed by atoms with Crippen LogP contribution in [0.3, 0.4) is 0 Å². The van der Waals surface area contributed by atoms with Crippen molar-refractivity contribution in [2.24, 2.45) is 33.1 Å². The highest BCUT2D eigenvalue weighted by molar-refractivity contribution is 5.92. The summed E-state index contributed by atoms with van der Waals surface area (Å²) in [5.74, 6) is 0.746. The number of aliphatic imine (C=N–C) groups is 2. The van der Waals surface area contributed by atoms with Crippen molar-refractivity contribution in [3.8, 4) is 0 Å². The molecule has 0 saturated carbocycles. The first kappa shape index (κ1) is 12.8. The number of guanidine groups is 2. The number of hydrogen-bond donors (Lipinski definition) is 3. The van der Waals surface area contributed by atoms with Crippen LogP contribution in [0.4, 0.5) is 0 Å². The molecule has 16 heavy (non-hydrogen) atoms. The standard InChI is InChI=1S/C10H22N6/c1-2-16-5-3-8(4-6-16)7-14-10(13)15-9(11)12/h8H,2-7H2,1H3,(H6,11,12,13,14,15). The van der Waals surface area contributed by atoms with Crippen LogP contribution in [-0.2, 0) is 0 Å². The average Bonchev–Trinajstić information content (AvgIpc) is 2.26. The first-order chi connectivity index (χ1) is 7.61. The third kappa shape index (κ3) is 4.48. The predicted molar refractivity (Wildman–Crippen MR) is 67.1 cm³/mol. The fourth-order valence-corrected chi connectivity index (χ4v) is 1.88. The third-order valence-electron chi connectivity index (χ3n) is 2.91. The minimum atomic E-state index is -0.0398. The van der Waals surface area contributed by atoms with Crippen LogP contribution in [0.25, 0.3) is 0 Å². The van der Waals surface area contributed by atoms with Gasteiger partial charge in [-0.05, 0) is 38.4 Å². The van der Waals surface area contributed by atoms with E-state index in [1.54, 1.807) is 0 Å². The second-order valence-corrected chi connectivity index (χ2v) is 4.11. The van der Waals surface area contributed by atoms with Crippen molar-refractivity contribution in [1.82, 2.24) is 4.90 Å². The van der Waals surface area contributed by atoms with Gasteiger partial charge in [0.1, 0.15) is 0 Å². The second-order valence-electron chi connectivity index (χ2n) is 4.11. The third-order valence-corrected chi connectivity index (χ3v) is 2.91. The molecule has 0 aromatic carbocycles. The molecule has 1 aliphatic heterocycles. The van der Waals surface area contributed by atoms with Gasteiger partial charge >= 0.3 is 0 Å². The fourth-order valence-electron chi connectivity index (χ4n) is 1.88. The molecule has 0 radical (unpaired) electrons. The maximum atomic E-state index is 5.54. The molecule has 92 valence electrons. The molecule has 1 heterocycles. The number of hydrogen-bond acceptors (Lipinski definition) is 2. The molecule has 1 saturated heterocycles. The molecule has 0 amide bonds. The Labute approximate surface area is 96.6 Å². The lowest BCUT2D eigenvalue weighted by Gasteiger charge is -2.30. The van der Waals surface area contributed by atoms with Gasteiger partial charge in [0, 0.05) is 6.54 Å². The Kier molecular flexibility index (Phi) is 5.04. The minimum Gasteiger partial charge on any atom is -0.370 e. The lowest BCUT2D eigenvalue weighted by atomic mass is 9.97. The number of likely N-dealkylation sites (tertiary alicyclic amines) is 1. The van der Waals surface area contributed by atoms with Crippen molar-refractivity contribution >= 4 is 11.9 Å². The Hall–Kier alpha value is -1.30. The van der Waals surface area contributed by atoms with Gasteiger partial charge in [-0.2, -0.15) is 4.99 Å². The summed E-state index contributed by atoms with van der Waals surface area (Å²) in [4.78, 5) is 10.3. The van der Waals surface area contributed by atoms with Crippen LogP contribution in [0.15, 0.2) is 9.98 Å². The summed E-state index contributed by atoms with van der Waals surface area (Å²) in [5, 5.41) is 0. The summed E-state index contributed by atoms with van der Waals surface area (Å²) in [6.45, 7) is 6.35. The predicted octanol–water partition coefficient (Wildman–Crippen LogP) is -0.694. The van der Waals surface area contributed by atoms with Gasteiger partial charge in [-0.25, -0.2) is 0 Å². The van der Waals surface area contributed by atoms with Gasteiger partial charge in [-0.15, -0.1) is 0 Å². The first-order valence-electron chi connectivity index (χ1n) is 5.73. The zero-order chi connectivity index (χ0) is 12.0. The minimum absolute atomic E-state index is 0.0398. The van der Waals surface area contributed by atoms with Crippen LogP contribution in [0.5, 0.6) is 0 Å². The molecule has 0 atom stereocenters. The Balaban J connectivity index is 2.31. The highest BCUT2D eigenvalue weighted by atomic mass is 15.1. The average molecular weight is 226 g/mol. The summed E-state index contributed by atoms with van der Waals surface area (Å²) in [7, 11) is 0. The molecule has 1 rings (SSSR count). The van der Waals surface area contributed by atoms with Crippen molar-refractivity contribution in [2.45, 2.75) is 19.8 Å². The van der Waals surface area contributed by atoms with Crippen LogP contribution in [0.2, 0.25) is 0 Å². The van der Waals surface area contributed by atoms with Crippen molar-refractivity contribution in [3.05, 3.63) is 0 Å². The van der Waals surface area contributed by atoms with Crippen LogP contribution in [-0.4, -0.2) is 43.0 Å². The number of piperidine rings is 1. The van der Waals surface area contributed by atoms with Crippen LogP contribution in [0, 0.1) is 5.92 Å². The van der Waals surface area contributed by atoms with E-state index in [-0.39, 0.29) is 11.9 Å². The van der Waals surface area contributed by atoms with Crippen molar-refractivity contribution < 1.29 is 0 Å². The van der Waals surface area contributed by atoms with Crippen LogP contribution in [0.1, 0.15) is 19.8 Å². The van der Waals surface area contributed by atoms with Gasteiger partial charge in [0.05, 0.1) is 0 Å². The van der Waals surface area contributed by atoms with Gasteiger partial charge in [0.25, 0.3) is 0 Å².